The molecule has 0 bridgehead atoms. The Morgan fingerprint density at radius 2 is 1.96 bits per heavy atom. The summed E-state index contributed by atoms with van der Waals surface area (Å²) in [6, 6.07) is 13.6. The van der Waals surface area contributed by atoms with Crippen LogP contribution >= 0.6 is 11.8 Å². The van der Waals surface area contributed by atoms with Crippen molar-refractivity contribution < 1.29 is 9.53 Å². The molecule has 6 heteroatoms. The Kier molecular flexibility index (Phi) is 5.42. The van der Waals surface area contributed by atoms with Gasteiger partial charge >= 0.3 is 0 Å². The van der Waals surface area contributed by atoms with E-state index in [1.54, 1.807) is 31.9 Å². The Bertz CT molecular complexity index is 950. The third kappa shape index (κ3) is 3.65. The number of Topliss-reactive ketones (excluding diaryl/α,β-unsaturated/α-hetero) is 1. The molecule has 0 unspecified atom stereocenters. The van der Waals surface area contributed by atoms with Gasteiger partial charge in [-0.15, -0.1) is 10.2 Å². The summed E-state index contributed by atoms with van der Waals surface area (Å²) < 4.78 is 7.42. The van der Waals surface area contributed by atoms with Crippen LogP contribution in [0, 0.1) is 6.92 Å². The summed E-state index contributed by atoms with van der Waals surface area (Å²) in [5.41, 5.74) is 3.88. The molecule has 0 aliphatic carbocycles. The number of carbonyl (C=O) groups excluding carboxylic acids is 1. The average Bonchev–Trinajstić information content (AvgIpc) is 3.00. The maximum absolute atomic E-state index is 11.6. The van der Waals surface area contributed by atoms with E-state index in [2.05, 4.69) is 23.2 Å². The molecule has 5 nitrogen and oxygen atoms in total. The molecule has 26 heavy (non-hydrogen) atoms. The van der Waals surface area contributed by atoms with Gasteiger partial charge in [-0.2, -0.15) is 0 Å². The lowest BCUT2D eigenvalue weighted by atomic mass is 10.1. The van der Waals surface area contributed by atoms with Crippen LogP contribution in [0.5, 0.6) is 5.75 Å². The van der Waals surface area contributed by atoms with E-state index in [-0.39, 0.29) is 5.78 Å². The number of ether oxygens (including phenoxy) is 1. The van der Waals surface area contributed by atoms with Gasteiger partial charge in [0.05, 0.1) is 7.11 Å². The molecule has 0 aliphatic rings. The maximum atomic E-state index is 11.6. The standard InChI is InChI=1S/C20H21N3O2S/c1-13-7-5-6-8-17(13)19-21-22-20(23(19)3)26-12-16-11-15(14(2)24)9-10-18(16)25-4/h5-11H,12H2,1-4H3. The number of aromatic nitrogens is 3. The van der Waals surface area contributed by atoms with E-state index in [0.717, 1.165) is 33.4 Å². The molecule has 0 fully saturated rings. The van der Waals surface area contributed by atoms with Crippen LogP contribution in [0.2, 0.25) is 0 Å². The number of carbonyl (C=O) groups is 1. The van der Waals surface area contributed by atoms with Gasteiger partial charge in [-0.05, 0) is 37.6 Å². The highest BCUT2D eigenvalue weighted by Crippen LogP contribution is 2.30. The number of aryl methyl sites for hydroxylation is 1. The minimum atomic E-state index is 0.0411. The van der Waals surface area contributed by atoms with Gasteiger partial charge in [0.2, 0.25) is 0 Å². The molecule has 0 N–H and O–H groups in total. The number of methoxy groups -OCH3 is 1. The summed E-state index contributed by atoms with van der Waals surface area (Å²) in [4.78, 5) is 11.6. The molecule has 0 spiro atoms. The second-order valence-electron chi connectivity index (χ2n) is 6.05. The van der Waals surface area contributed by atoms with Crippen LogP contribution in [0.25, 0.3) is 11.4 Å². The van der Waals surface area contributed by atoms with Gasteiger partial charge in [-0.25, -0.2) is 0 Å². The molecule has 0 saturated heterocycles. The second kappa shape index (κ2) is 7.74. The van der Waals surface area contributed by atoms with E-state index in [9.17, 15) is 4.79 Å². The minimum absolute atomic E-state index is 0.0411. The Morgan fingerprint density at radius 3 is 2.65 bits per heavy atom. The average molecular weight is 367 g/mol. The zero-order valence-electron chi connectivity index (χ0n) is 15.3. The smallest absolute Gasteiger partial charge is 0.191 e. The van der Waals surface area contributed by atoms with Gasteiger partial charge in [0.1, 0.15) is 5.75 Å². The van der Waals surface area contributed by atoms with Crippen LogP contribution in [-0.2, 0) is 12.8 Å². The van der Waals surface area contributed by atoms with E-state index in [4.69, 9.17) is 4.74 Å². The van der Waals surface area contributed by atoms with Crippen LogP contribution in [-0.4, -0.2) is 27.7 Å². The number of hydrogen-bond acceptors (Lipinski definition) is 5. The van der Waals surface area contributed by atoms with E-state index in [0.29, 0.717) is 11.3 Å². The lowest BCUT2D eigenvalue weighted by Crippen LogP contribution is -1.99. The van der Waals surface area contributed by atoms with Crippen molar-refractivity contribution in [2.24, 2.45) is 7.05 Å². The zero-order chi connectivity index (χ0) is 18.7. The molecule has 2 aromatic carbocycles. The quantitative estimate of drug-likeness (QED) is 0.480. The van der Waals surface area contributed by atoms with Crippen LogP contribution in [0.4, 0.5) is 0 Å². The van der Waals surface area contributed by atoms with Crippen molar-refractivity contribution in [3.63, 3.8) is 0 Å². The highest BCUT2D eigenvalue weighted by molar-refractivity contribution is 7.98. The van der Waals surface area contributed by atoms with E-state index in [1.807, 2.05) is 41.9 Å². The van der Waals surface area contributed by atoms with Crippen molar-refractivity contribution >= 4 is 17.5 Å². The predicted octanol–water partition coefficient (Wildman–Crippen LogP) is 4.29. The third-order valence-corrected chi connectivity index (χ3v) is 5.33. The van der Waals surface area contributed by atoms with Gasteiger partial charge in [0.15, 0.2) is 16.8 Å². The van der Waals surface area contributed by atoms with E-state index >= 15 is 0 Å². The molecule has 134 valence electrons. The first kappa shape index (κ1) is 18.2. The van der Waals surface area contributed by atoms with Crippen molar-refractivity contribution in [1.82, 2.24) is 14.8 Å². The van der Waals surface area contributed by atoms with E-state index < -0.39 is 0 Å². The fraction of sp³-hybridized carbons (Fsp3) is 0.250. The topological polar surface area (TPSA) is 57.0 Å². The van der Waals surface area contributed by atoms with Crippen LogP contribution in [0.1, 0.15) is 28.4 Å². The Balaban J connectivity index is 1.84. The SMILES string of the molecule is COc1ccc(C(C)=O)cc1CSc1nnc(-c2ccccc2C)n1C. The normalized spacial score (nSPS) is 10.8. The maximum Gasteiger partial charge on any atom is 0.191 e. The Hall–Kier alpha value is -2.60. The molecule has 3 rings (SSSR count). The number of nitrogens with zero attached hydrogens (tertiary/aromatic N) is 3. The number of rotatable bonds is 6. The number of benzene rings is 2. The van der Waals surface area contributed by atoms with Crippen LogP contribution in [0.3, 0.4) is 0 Å². The molecule has 0 radical (unpaired) electrons. The molecule has 1 aromatic heterocycles. The zero-order valence-corrected chi connectivity index (χ0v) is 16.1. The summed E-state index contributed by atoms with van der Waals surface area (Å²) in [5, 5.41) is 9.50. The Labute approximate surface area is 157 Å². The summed E-state index contributed by atoms with van der Waals surface area (Å²) >= 11 is 1.57. The van der Waals surface area contributed by atoms with Crippen molar-refractivity contribution in [3.8, 4) is 17.1 Å². The molecular formula is C20H21N3O2S. The molecule has 0 amide bonds. The summed E-state index contributed by atoms with van der Waals surface area (Å²) in [6.45, 7) is 3.63. The summed E-state index contributed by atoms with van der Waals surface area (Å²) in [6.07, 6.45) is 0. The third-order valence-electron chi connectivity index (χ3n) is 4.26. The minimum Gasteiger partial charge on any atom is -0.496 e. The molecule has 3 aromatic rings. The molecule has 0 atom stereocenters. The first-order valence-corrected chi connectivity index (χ1v) is 9.26. The van der Waals surface area contributed by atoms with E-state index in [1.165, 1.54) is 0 Å². The van der Waals surface area contributed by atoms with Crippen molar-refractivity contribution in [3.05, 3.63) is 59.2 Å². The van der Waals surface area contributed by atoms with Crippen LogP contribution < -0.4 is 4.74 Å². The highest BCUT2D eigenvalue weighted by Gasteiger charge is 2.14. The second-order valence-corrected chi connectivity index (χ2v) is 6.99. The fourth-order valence-electron chi connectivity index (χ4n) is 2.75. The first-order valence-electron chi connectivity index (χ1n) is 8.27. The monoisotopic (exact) mass is 367 g/mol. The first-order chi connectivity index (χ1) is 12.5. The van der Waals surface area contributed by atoms with Gasteiger partial charge in [0, 0.05) is 29.5 Å². The molecular weight excluding hydrogens is 346 g/mol. The van der Waals surface area contributed by atoms with Crippen molar-refractivity contribution in [2.45, 2.75) is 24.8 Å². The summed E-state index contributed by atoms with van der Waals surface area (Å²) in [7, 11) is 3.60. The lowest BCUT2D eigenvalue weighted by Gasteiger charge is -2.10. The molecule has 1 heterocycles. The Morgan fingerprint density at radius 1 is 1.19 bits per heavy atom. The van der Waals surface area contributed by atoms with Crippen molar-refractivity contribution in [2.75, 3.05) is 7.11 Å². The van der Waals surface area contributed by atoms with Crippen molar-refractivity contribution in [1.29, 1.82) is 0 Å². The van der Waals surface area contributed by atoms with Gasteiger partial charge in [0.25, 0.3) is 0 Å². The number of hydrogen-bond donors (Lipinski definition) is 0. The molecule has 0 saturated carbocycles. The fourth-order valence-corrected chi connectivity index (χ4v) is 3.64. The predicted molar refractivity (Wildman–Crippen MR) is 104 cm³/mol. The van der Waals surface area contributed by atoms with Gasteiger partial charge in [-0.3, -0.25) is 4.79 Å². The largest absolute Gasteiger partial charge is 0.496 e. The summed E-state index contributed by atoms with van der Waals surface area (Å²) in [5.74, 6) is 2.29. The number of ketones is 1. The highest BCUT2D eigenvalue weighted by atomic mass is 32.2. The van der Waals surface area contributed by atoms with Crippen LogP contribution in [0.15, 0.2) is 47.6 Å². The number of thioether (sulfide) groups is 1. The molecule has 0 aliphatic heterocycles. The lowest BCUT2D eigenvalue weighted by molar-refractivity contribution is 0.101. The van der Waals surface area contributed by atoms with Gasteiger partial charge < -0.3 is 9.30 Å². The van der Waals surface area contributed by atoms with Gasteiger partial charge in [-0.1, -0.05) is 36.0 Å².